The Morgan fingerprint density at radius 2 is 1.35 bits per heavy atom. The van der Waals surface area contributed by atoms with Gasteiger partial charge in [0, 0.05) is 0 Å². The van der Waals surface area contributed by atoms with Gasteiger partial charge in [0.1, 0.15) is 0 Å². The van der Waals surface area contributed by atoms with E-state index in [4.69, 9.17) is 5.73 Å². The summed E-state index contributed by atoms with van der Waals surface area (Å²) in [5.74, 6) is -0.604. The van der Waals surface area contributed by atoms with Crippen molar-refractivity contribution in [3.05, 3.63) is 58.7 Å². The molecule has 0 unspecified atom stereocenters. The molecule has 0 bridgehead atoms. The minimum Gasteiger partial charge on any atom is -0.397 e. The van der Waals surface area contributed by atoms with Crippen LogP contribution in [0.3, 0.4) is 0 Å². The standard InChI is InChI=1S/C16H14N2O2/c1-9-7-8-10(2)14-13(9)15(19)18(16(14)20)12-6-4-3-5-11(12)17/h3-8H,17H2,1-2H3. The smallest absolute Gasteiger partial charge is 0.266 e. The van der Waals surface area contributed by atoms with Crippen molar-refractivity contribution in [3.8, 4) is 0 Å². The van der Waals surface area contributed by atoms with E-state index in [-0.39, 0.29) is 11.8 Å². The zero-order valence-corrected chi connectivity index (χ0v) is 11.3. The number of imide groups is 1. The maximum atomic E-state index is 12.6. The van der Waals surface area contributed by atoms with Crippen LogP contribution in [0.2, 0.25) is 0 Å². The van der Waals surface area contributed by atoms with E-state index in [1.807, 2.05) is 26.0 Å². The normalized spacial score (nSPS) is 13.8. The topological polar surface area (TPSA) is 63.4 Å². The number of anilines is 2. The summed E-state index contributed by atoms with van der Waals surface area (Å²) in [6.45, 7) is 3.67. The lowest BCUT2D eigenvalue weighted by Gasteiger charge is -2.16. The summed E-state index contributed by atoms with van der Waals surface area (Å²) < 4.78 is 0. The molecule has 4 heteroatoms. The summed E-state index contributed by atoms with van der Waals surface area (Å²) in [5, 5.41) is 0. The molecule has 0 aromatic heterocycles. The molecule has 2 N–H and O–H groups in total. The molecule has 4 nitrogen and oxygen atoms in total. The molecule has 0 aliphatic carbocycles. The summed E-state index contributed by atoms with van der Waals surface area (Å²) in [6.07, 6.45) is 0. The number of nitrogen functional groups attached to an aromatic ring is 1. The number of fused-ring (bicyclic) bond motifs is 1. The monoisotopic (exact) mass is 266 g/mol. The third-order valence-electron chi connectivity index (χ3n) is 3.63. The Labute approximate surface area is 116 Å². The molecule has 1 aliphatic heterocycles. The largest absolute Gasteiger partial charge is 0.397 e. The minimum atomic E-state index is -0.302. The highest BCUT2D eigenvalue weighted by Gasteiger charge is 2.39. The molecular weight excluding hydrogens is 252 g/mol. The first-order valence-corrected chi connectivity index (χ1v) is 6.36. The van der Waals surface area contributed by atoms with Gasteiger partial charge >= 0.3 is 0 Å². The number of rotatable bonds is 1. The number of hydrogen-bond acceptors (Lipinski definition) is 3. The van der Waals surface area contributed by atoms with E-state index in [2.05, 4.69) is 0 Å². The van der Waals surface area contributed by atoms with Crippen molar-refractivity contribution in [2.75, 3.05) is 10.6 Å². The molecule has 2 aromatic rings. The van der Waals surface area contributed by atoms with Crippen LogP contribution in [-0.4, -0.2) is 11.8 Å². The zero-order chi connectivity index (χ0) is 14.4. The molecule has 0 saturated heterocycles. The van der Waals surface area contributed by atoms with Gasteiger partial charge in [-0.15, -0.1) is 0 Å². The number of carbonyl (C=O) groups excluding carboxylic acids is 2. The summed E-state index contributed by atoms with van der Waals surface area (Å²) in [7, 11) is 0. The van der Waals surface area contributed by atoms with Gasteiger partial charge < -0.3 is 5.73 Å². The van der Waals surface area contributed by atoms with Crippen LogP contribution in [0.25, 0.3) is 0 Å². The summed E-state index contributed by atoms with van der Waals surface area (Å²) in [4.78, 5) is 26.3. The van der Waals surface area contributed by atoms with Crippen molar-refractivity contribution >= 4 is 23.2 Å². The molecule has 3 rings (SSSR count). The number of para-hydroxylation sites is 2. The van der Waals surface area contributed by atoms with E-state index in [0.717, 1.165) is 11.1 Å². The molecule has 2 amide bonds. The van der Waals surface area contributed by atoms with Crippen LogP contribution in [-0.2, 0) is 0 Å². The Balaban J connectivity index is 2.23. The summed E-state index contributed by atoms with van der Waals surface area (Å²) >= 11 is 0. The average Bonchev–Trinajstić information content (AvgIpc) is 2.68. The molecule has 0 fully saturated rings. The Bertz CT molecular complexity index is 709. The number of carbonyl (C=O) groups is 2. The van der Waals surface area contributed by atoms with Crippen LogP contribution < -0.4 is 10.6 Å². The first-order valence-electron chi connectivity index (χ1n) is 6.36. The van der Waals surface area contributed by atoms with Gasteiger partial charge in [-0.25, -0.2) is 4.90 Å². The fraction of sp³-hybridized carbons (Fsp3) is 0.125. The average molecular weight is 266 g/mol. The predicted octanol–water partition coefficient (Wildman–Crippen LogP) is 2.69. The lowest BCUT2D eigenvalue weighted by Crippen LogP contribution is -2.30. The van der Waals surface area contributed by atoms with E-state index in [0.29, 0.717) is 22.5 Å². The molecule has 100 valence electrons. The van der Waals surface area contributed by atoms with E-state index in [1.54, 1.807) is 24.3 Å². The second-order valence-corrected chi connectivity index (χ2v) is 4.95. The SMILES string of the molecule is Cc1ccc(C)c2c1C(=O)N(c1ccccc1N)C2=O. The fourth-order valence-electron chi connectivity index (χ4n) is 2.59. The van der Waals surface area contributed by atoms with Crippen molar-refractivity contribution < 1.29 is 9.59 Å². The van der Waals surface area contributed by atoms with E-state index in [9.17, 15) is 9.59 Å². The maximum absolute atomic E-state index is 12.6. The second-order valence-electron chi connectivity index (χ2n) is 4.95. The van der Waals surface area contributed by atoms with Crippen molar-refractivity contribution in [1.29, 1.82) is 0 Å². The second kappa shape index (κ2) is 4.20. The molecule has 1 heterocycles. The molecule has 0 saturated carbocycles. The van der Waals surface area contributed by atoms with Gasteiger partial charge in [0.2, 0.25) is 0 Å². The number of benzene rings is 2. The fourth-order valence-corrected chi connectivity index (χ4v) is 2.59. The highest BCUT2D eigenvalue weighted by molar-refractivity contribution is 6.36. The summed E-state index contributed by atoms with van der Waals surface area (Å²) in [6, 6.07) is 10.6. The Morgan fingerprint density at radius 1 is 0.850 bits per heavy atom. The number of aryl methyl sites for hydroxylation is 2. The Kier molecular flexibility index (Phi) is 2.61. The first kappa shape index (κ1) is 12.4. The number of nitrogens with zero attached hydrogens (tertiary/aromatic N) is 1. The molecule has 0 radical (unpaired) electrons. The van der Waals surface area contributed by atoms with Gasteiger partial charge in [0.25, 0.3) is 11.8 Å². The highest BCUT2D eigenvalue weighted by Crippen LogP contribution is 2.34. The van der Waals surface area contributed by atoms with Crippen LogP contribution >= 0.6 is 0 Å². The number of hydrogen-bond donors (Lipinski definition) is 1. The van der Waals surface area contributed by atoms with Crippen molar-refractivity contribution in [2.45, 2.75) is 13.8 Å². The Morgan fingerprint density at radius 3 is 1.85 bits per heavy atom. The lowest BCUT2D eigenvalue weighted by atomic mass is 9.99. The third kappa shape index (κ3) is 1.54. The van der Waals surface area contributed by atoms with Crippen LogP contribution in [0.1, 0.15) is 31.8 Å². The van der Waals surface area contributed by atoms with Gasteiger partial charge in [-0.1, -0.05) is 24.3 Å². The molecule has 2 aromatic carbocycles. The van der Waals surface area contributed by atoms with Gasteiger partial charge in [-0.05, 0) is 37.1 Å². The van der Waals surface area contributed by atoms with Crippen molar-refractivity contribution in [2.24, 2.45) is 0 Å². The van der Waals surface area contributed by atoms with Crippen LogP contribution in [0.15, 0.2) is 36.4 Å². The predicted molar refractivity (Wildman–Crippen MR) is 77.9 cm³/mol. The number of amides is 2. The molecule has 20 heavy (non-hydrogen) atoms. The molecular formula is C16H14N2O2. The highest BCUT2D eigenvalue weighted by atomic mass is 16.2. The quantitative estimate of drug-likeness (QED) is 0.637. The van der Waals surface area contributed by atoms with E-state index >= 15 is 0 Å². The lowest BCUT2D eigenvalue weighted by molar-refractivity contribution is 0.0926. The van der Waals surface area contributed by atoms with Crippen LogP contribution in [0, 0.1) is 13.8 Å². The minimum absolute atomic E-state index is 0.302. The van der Waals surface area contributed by atoms with Gasteiger partial charge in [0.05, 0.1) is 22.5 Å². The number of nitrogens with two attached hydrogens (primary N) is 1. The zero-order valence-electron chi connectivity index (χ0n) is 11.3. The maximum Gasteiger partial charge on any atom is 0.266 e. The van der Waals surface area contributed by atoms with Crippen LogP contribution in [0.4, 0.5) is 11.4 Å². The first-order chi connectivity index (χ1) is 9.52. The molecule has 0 spiro atoms. The van der Waals surface area contributed by atoms with Crippen LogP contribution in [0.5, 0.6) is 0 Å². The third-order valence-corrected chi connectivity index (χ3v) is 3.63. The summed E-state index contributed by atoms with van der Waals surface area (Å²) in [5.41, 5.74) is 9.33. The Hall–Kier alpha value is -2.62. The molecule has 1 aliphatic rings. The van der Waals surface area contributed by atoms with Gasteiger partial charge in [-0.3, -0.25) is 9.59 Å². The molecule has 0 atom stereocenters. The van der Waals surface area contributed by atoms with E-state index < -0.39 is 0 Å². The van der Waals surface area contributed by atoms with E-state index in [1.165, 1.54) is 4.90 Å². The van der Waals surface area contributed by atoms with Crippen molar-refractivity contribution in [3.63, 3.8) is 0 Å². The van der Waals surface area contributed by atoms with Gasteiger partial charge in [-0.2, -0.15) is 0 Å². The van der Waals surface area contributed by atoms with Gasteiger partial charge in [0.15, 0.2) is 0 Å². The van der Waals surface area contributed by atoms with Crippen molar-refractivity contribution in [1.82, 2.24) is 0 Å².